The van der Waals surface area contributed by atoms with Crippen molar-refractivity contribution in [1.29, 1.82) is 0 Å². The van der Waals surface area contributed by atoms with Gasteiger partial charge in [0.1, 0.15) is 5.56 Å². The van der Waals surface area contributed by atoms with Crippen molar-refractivity contribution < 1.29 is 22.4 Å². The van der Waals surface area contributed by atoms with E-state index in [4.69, 9.17) is 6.42 Å². The monoisotopic (exact) mass is 336 g/mol. The molecule has 2 aromatic rings. The fourth-order valence-electron chi connectivity index (χ4n) is 2.11. The van der Waals surface area contributed by atoms with Crippen LogP contribution in [0, 0.1) is 42.5 Å². The van der Waals surface area contributed by atoms with Gasteiger partial charge in [-0.05, 0) is 19.1 Å². The fraction of sp³-hybridized carbons (Fsp3) is 0.176. The number of pyridine rings is 1. The summed E-state index contributed by atoms with van der Waals surface area (Å²) in [4.78, 5) is 17.4. The molecule has 0 saturated carbocycles. The highest BCUT2D eigenvalue weighted by molar-refractivity contribution is 5.95. The summed E-state index contributed by atoms with van der Waals surface area (Å²) in [6, 6.07) is 5.02. The summed E-state index contributed by atoms with van der Waals surface area (Å²) in [5, 5.41) is 0. The van der Waals surface area contributed by atoms with E-state index in [0.717, 1.165) is 4.90 Å². The maximum atomic E-state index is 13.8. The van der Waals surface area contributed by atoms with E-state index < -0.39 is 34.7 Å². The largest absolute Gasteiger partial charge is 0.321 e. The van der Waals surface area contributed by atoms with Crippen LogP contribution in [0.4, 0.5) is 17.6 Å². The van der Waals surface area contributed by atoms with E-state index in [1.54, 1.807) is 25.1 Å². The Morgan fingerprint density at radius 3 is 2.38 bits per heavy atom. The van der Waals surface area contributed by atoms with Crippen LogP contribution in [0.25, 0.3) is 0 Å². The molecule has 0 fully saturated rings. The Morgan fingerprint density at radius 1 is 1.21 bits per heavy atom. The van der Waals surface area contributed by atoms with Crippen LogP contribution in [-0.4, -0.2) is 22.3 Å². The van der Waals surface area contributed by atoms with Crippen molar-refractivity contribution >= 4 is 5.91 Å². The number of aryl methyl sites for hydroxylation is 1. The molecule has 1 aromatic heterocycles. The van der Waals surface area contributed by atoms with Crippen LogP contribution in [-0.2, 0) is 6.54 Å². The van der Waals surface area contributed by atoms with Crippen LogP contribution < -0.4 is 0 Å². The quantitative estimate of drug-likeness (QED) is 0.488. The molecule has 124 valence electrons. The minimum absolute atomic E-state index is 0.0368. The van der Waals surface area contributed by atoms with Gasteiger partial charge in [0.15, 0.2) is 23.3 Å². The minimum atomic E-state index is -1.77. The second-order valence-electron chi connectivity index (χ2n) is 4.98. The molecule has 3 nitrogen and oxygen atoms in total. The number of benzene rings is 1. The molecule has 1 aromatic carbocycles. The van der Waals surface area contributed by atoms with Gasteiger partial charge in [-0.3, -0.25) is 9.78 Å². The van der Waals surface area contributed by atoms with Crippen molar-refractivity contribution in [3.05, 3.63) is 64.5 Å². The molecule has 0 aliphatic rings. The van der Waals surface area contributed by atoms with Gasteiger partial charge in [-0.15, -0.1) is 6.42 Å². The lowest BCUT2D eigenvalue weighted by atomic mass is 10.1. The normalized spacial score (nSPS) is 10.3. The Balaban J connectivity index is 2.42. The van der Waals surface area contributed by atoms with Gasteiger partial charge in [-0.25, -0.2) is 17.6 Å². The molecular weight excluding hydrogens is 324 g/mol. The van der Waals surface area contributed by atoms with Crippen LogP contribution in [0.5, 0.6) is 0 Å². The first-order valence-electron chi connectivity index (χ1n) is 6.83. The van der Waals surface area contributed by atoms with Gasteiger partial charge in [0.25, 0.3) is 5.91 Å². The maximum Gasteiger partial charge on any atom is 0.261 e. The fourth-order valence-corrected chi connectivity index (χ4v) is 2.11. The topological polar surface area (TPSA) is 33.2 Å². The van der Waals surface area contributed by atoms with E-state index in [2.05, 4.69) is 10.9 Å². The van der Waals surface area contributed by atoms with Crippen LogP contribution >= 0.6 is 0 Å². The van der Waals surface area contributed by atoms with E-state index in [0.29, 0.717) is 11.4 Å². The Kier molecular flexibility index (Phi) is 5.19. The zero-order valence-corrected chi connectivity index (χ0v) is 12.6. The van der Waals surface area contributed by atoms with Crippen LogP contribution in [0.1, 0.15) is 21.7 Å². The zero-order chi connectivity index (χ0) is 17.9. The second-order valence-corrected chi connectivity index (χ2v) is 4.98. The van der Waals surface area contributed by atoms with E-state index >= 15 is 0 Å². The van der Waals surface area contributed by atoms with Crippen molar-refractivity contribution in [2.75, 3.05) is 6.54 Å². The number of hydrogen-bond donors (Lipinski definition) is 0. The van der Waals surface area contributed by atoms with Crippen molar-refractivity contribution in [2.24, 2.45) is 0 Å². The molecule has 0 N–H and O–H groups in total. The highest BCUT2D eigenvalue weighted by Crippen LogP contribution is 2.21. The number of hydrogen-bond acceptors (Lipinski definition) is 2. The summed E-state index contributed by atoms with van der Waals surface area (Å²) < 4.78 is 54.2. The molecule has 2 rings (SSSR count). The Bertz CT molecular complexity index is 804. The molecule has 0 saturated heterocycles. The maximum absolute atomic E-state index is 13.8. The Hall–Kier alpha value is -2.88. The van der Waals surface area contributed by atoms with E-state index in [1.807, 2.05) is 0 Å². The molecule has 0 radical (unpaired) electrons. The number of halogens is 4. The zero-order valence-electron chi connectivity index (χ0n) is 12.6. The van der Waals surface area contributed by atoms with Crippen molar-refractivity contribution in [1.82, 2.24) is 9.88 Å². The number of carbonyl (C=O) groups is 1. The summed E-state index contributed by atoms with van der Waals surface area (Å²) in [5.41, 5.74) is -0.249. The number of carbonyl (C=O) groups excluding carboxylic acids is 1. The van der Waals surface area contributed by atoms with Crippen molar-refractivity contribution in [3.63, 3.8) is 0 Å². The molecule has 7 heteroatoms. The standard InChI is InChI=1S/C17H12F4N2O/c1-3-7-23(9-11-6-4-5-10(2)22-11)17(24)14-15(20)12(18)8-13(19)16(14)21/h1,4-6,8H,7,9H2,2H3. The van der Waals surface area contributed by atoms with Crippen LogP contribution in [0.3, 0.4) is 0 Å². The molecular formula is C17H12F4N2O. The third-order valence-corrected chi connectivity index (χ3v) is 3.19. The van der Waals surface area contributed by atoms with E-state index in [-0.39, 0.29) is 19.2 Å². The minimum Gasteiger partial charge on any atom is -0.321 e. The first kappa shape index (κ1) is 17.5. The second kappa shape index (κ2) is 7.13. The number of nitrogens with zero attached hydrogens (tertiary/aromatic N) is 2. The van der Waals surface area contributed by atoms with Crippen LogP contribution in [0.15, 0.2) is 24.3 Å². The Labute approximate surface area is 135 Å². The molecule has 1 heterocycles. The molecule has 0 spiro atoms. The molecule has 0 aliphatic carbocycles. The lowest BCUT2D eigenvalue weighted by molar-refractivity contribution is 0.0751. The first-order valence-corrected chi connectivity index (χ1v) is 6.83. The summed E-state index contributed by atoms with van der Waals surface area (Å²) >= 11 is 0. The number of amides is 1. The molecule has 24 heavy (non-hydrogen) atoms. The number of aromatic nitrogens is 1. The van der Waals surface area contributed by atoms with E-state index in [9.17, 15) is 22.4 Å². The van der Waals surface area contributed by atoms with Gasteiger partial charge in [-0.1, -0.05) is 12.0 Å². The molecule has 0 bridgehead atoms. The summed E-state index contributed by atoms with van der Waals surface area (Å²) in [7, 11) is 0. The van der Waals surface area contributed by atoms with E-state index in [1.165, 1.54) is 0 Å². The Morgan fingerprint density at radius 2 is 1.83 bits per heavy atom. The van der Waals surface area contributed by atoms with Crippen LogP contribution in [0.2, 0.25) is 0 Å². The number of terminal acetylenes is 1. The number of rotatable bonds is 4. The van der Waals surface area contributed by atoms with Gasteiger partial charge < -0.3 is 4.90 Å². The smallest absolute Gasteiger partial charge is 0.261 e. The molecule has 0 atom stereocenters. The summed E-state index contributed by atoms with van der Waals surface area (Å²) in [6.45, 7) is 1.24. The summed E-state index contributed by atoms with van der Waals surface area (Å²) in [5.74, 6) is -5.95. The third-order valence-electron chi connectivity index (χ3n) is 3.19. The molecule has 1 amide bonds. The highest BCUT2D eigenvalue weighted by Gasteiger charge is 2.28. The summed E-state index contributed by atoms with van der Waals surface area (Å²) in [6.07, 6.45) is 5.16. The molecule has 0 aliphatic heterocycles. The van der Waals surface area contributed by atoms with Crippen molar-refractivity contribution in [2.45, 2.75) is 13.5 Å². The van der Waals surface area contributed by atoms with Gasteiger partial charge >= 0.3 is 0 Å². The predicted octanol–water partition coefficient (Wildman–Crippen LogP) is 3.22. The average molecular weight is 336 g/mol. The first-order chi connectivity index (χ1) is 11.3. The van der Waals surface area contributed by atoms with Gasteiger partial charge in [0, 0.05) is 11.8 Å². The lowest BCUT2D eigenvalue weighted by Crippen LogP contribution is -2.33. The van der Waals surface area contributed by atoms with Gasteiger partial charge in [0.05, 0.1) is 18.8 Å². The average Bonchev–Trinajstić information content (AvgIpc) is 2.53. The van der Waals surface area contributed by atoms with Gasteiger partial charge in [-0.2, -0.15) is 0 Å². The lowest BCUT2D eigenvalue weighted by Gasteiger charge is -2.21. The molecule has 0 unspecified atom stereocenters. The predicted molar refractivity (Wildman–Crippen MR) is 78.8 cm³/mol. The van der Waals surface area contributed by atoms with Gasteiger partial charge in [0.2, 0.25) is 0 Å². The highest BCUT2D eigenvalue weighted by atomic mass is 19.2. The van der Waals surface area contributed by atoms with Crippen molar-refractivity contribution in [3.8, 4) is 12.3 Å². The third kappa shape index (κ3) is 3.54. The SMILES string of the molecule is C#CCN(Cc1cccc(C)n1)C(=O)c1c(F)c(F)cc(F)c1F.